The number of nitrogens with zero attached hydrogens (tertiary/aromatic N) is 1. The molecule has 2 heterocycles. The van der Waals surface area contributed by atoms with Gasteiger partial charge in [-0.1, -0.05) is 6.07 Å². The molecule has 0 aromatic carbocycles. The number of rotatable bonds is 4. The summed E-state index contributed by atoms with van der Waals surface area (Å²) in [5, 5.41) is 14.4. The van der Waals surface area contributed by atoms with Gasteiger partial charge >= 0.3 is 0 Å². The maximum Gasteiger partial charge on any atom is 0.237 e. The lowest BCUT2D eigenvalue weighted by Crippen LogP contribution is -2.48. The van der Waals surface area contributed by atoms with Gasteiger partial charge in [-0.25, -0.2) is 0 Å². The molecule has 0 bridgehead atoms. The number of nitrogens with one attached hydrogen (secondary N) is 1. The molecular weight excluding hydrogens is 248 g/mol. The van der Waals surface area contributed by atoms with E-state index in [-0.39, 0.29) is 18.1 Å². The summed E-state index contributed by atoms with van der Waals surface area (Å²) in [6.07, 6.45) is 1.34. The number of amides is 1. The predicted molar refractivity (Wildman–Crippen MR) is 72.4 cm³/mol. The Labute approximate surface area is 112 Å². The van der Waals surface area contributed by atoms with Crippen LogP contribution in [0.15, 0.2) is 17.5 Å². The van der Waals surface area contributed by atoms with Crippen molar-refractivity contribution in [2.45, 2.75) is 38.5 Å². The van der Waals surface area contributed by atoms with E-state index in [4.69, 9.17) is 0 Å². The summed E-state index contributed by atoms with van der Waals surface area (Å²) in [5.41, 5.74) is 0. The number of piperidine rings is 1. The highest BCUT2D eigenvalue weighted by atomic mass is 32.1. The van der Waals surface area contributed by atoms with Crippen LogP contribution in [0.4, 0.5) is 0 Å². The van der Waals surface area contributed by atoms with Crippen LogP contribution in [0, 0.1) is 0 Å². The third kappa shape index (κ3) is 3.54. The van der Waals surface area contributed by atoms with Crippen LogP contribution in [0.2, 0.25) is 0 Å². The number of hydrogen-bond acceptors (Lipinski definition) is 4. The van der Waals surface area contributed by atoms with E-state index in [1.165, 1.54) is 4.88 Å². The summed E-state index contributed by atoms with van der Waals surface area (Å²) in [6, 6.07) is 3.89. The Morgan fingerprint density at radius 3 is 2.94 bits per heavy atom. The van der Waals surface area contributed by atoms with E-state index < -0.39 is 0 Å². The average Bonchev–Trinajstić information content (AvgIpc) is 2.89. The normalized spacial score (nSPS) is 19.7. The smallest absolute Gasteiger partial charge is 0.237 e. The fraction of sp³-hybridized carbons (Fsp3) is 0.615. The molecule has 0 unspecified atom stereocenters. The highest BCUT2D eigenvalue weighted by Gasteiger charge is 2.25. The molecular formula is C13H20N2O2S. The van der Waals surface area contributed by atoms with Gasteiger partial charge < -0.3 is 10.4 Å². The summed E-state index contributed by atoms with van der Waals surface area (Å²) in [7, 11) is 0. The molecule has 4 nitrogen and oxygen atoms in total. The Morgan fingerprint density at radius 1 is 1.61 bits per heavy atom. The second-order valence-electron chi connectivity index (χ2n) is 4.74. The molecule has 1 amide bonds. The zero-order chi connectivity index (χ0) is 13.0. The lowest BCUT2D eigenvalue weighted by atomic mass is 10.1. The van der Waals surface area contributed by atoms with Crippen LogP contribution in [-0.4, -0.2) is 41.1 Å². The summed E-state index contributed by atoms with van der Waals surface area (Å²) in [4.78, 5) is 15.3. The molecule has 1 saturated heterocycles. The van der Waals surface area contributed by atoms with Gasteiger partial charge in [0.2, 0.25) is 5.91 Å². The molecule has 0 aliphatic carbocycles. The second-order valence-corrected chi connectivity index (χ2v) is 5.77. The third-order valence-electron chi connectivity index (χ3n) is 3.44. The van der Waals surface area contributed by atoms with Gasteiger partial charge in [-0.3, -0.25) is 9.69 Å². The van der Waals surface area contributed by atoms with E-state index >= 15 is 0 Å². The van der Waals surface area contributed by atoms with Crippen molar-refractivity contribution in [3.05, 3.63) is 22.4 Å². The summed E-state index contributed by atoms with van der Waals surface area (Å²) >= 11 is 1.65. The Bertz CT molecular complexity index is 372. The average molecular weight is 268 g/mol. The topological polar surface area (TPSA) is 52.6 Å². The zero-order valence-corrected chi connectivity index (χ0v) is 11.4. The van der Waals surface area contributed by atoms with Crippen molar-refractivity contribution < 1.29 is 9.90 Å². The molecule has 0 radical (unpaired) electrons. The van der Waals surface area contributed by atoms with Gasteiger partial charge in [0.15, 0.2) is 0 Å². The first-order valence-electron chi connectivity index (χ1n) is 6.39. The molecule has 1 fully saturated rings. The Hall–Kier alpha value is -0.910. The van der Waals surface area contributed by atoms with E-state index in [1.54, 1.807) is 11.3 Å². The van der Waals surface area contributed by atoms with Crippen LogP contribution in [-0.2, 0) is 11.3 Å². The van der Waals surface area contributed by atoms with E-state index in [1.807, 2.05) is 24.4 Å². The van der Waals surface area contributed by atoms with Crippen molar-refractivity contribution in [1.82, 2.24) is 10.2 Å². The Morgan fingerprint density at radius 2 is 2.33 bits per heavy atom. The van der Waals surface area contributed by atoms with Crippen LogP contribution in [0.3, 0.4) is 0 Å². The minimum absolute atomic E-state index is 0.0692. The number of hydrogen-bond donors (Lipinski definition) is 2. The van der Waals surface area contributed by atoms with Gasteiger partial charge in [0.05, 0.1) is 18.7 Å². The minimum Gasteiger partial charge on any atom is -0.393 e. The van der Waals surface area contributed by atoms with Crippen LogP contribution < -0.4 is 5.32 Å². The number of likely N-dealkylation sites (tertiary alicyclic amines) is 1. The summed E-state index contributed by atoms with van der Waals surface area (Å²) < 4.78 is 0. The monoisotopic (exact) mass is 268 g/mol. The predicted octanol–water partition coefficient (Wildman–Crippen LogP) is 1.21. The first-order chi connectivity index (χ1) is 8.66. The number of aliphatic hydroxyl groups is 1. The van der Waals surface area contributed by atoms with Gasteiger partial charge in [0.1, 0.15) is 0 Å². The van der Waals surface area contributed by atoms with Crippen molar-refractivity contribution in [3.8, 4) is 0 Å². The molecule has 2 rings (SSSR count). The van der Waals surface area contributed by atoms with Gasteiger partial charge in [-0.2, -0.15) is 0 Å². The third-order valence-corrected chi connectivity index (χ3v) is 4.32. The Kier molecular flexibility index (Phi) is 4.74. The molecule has 1 aliphatic heterocycles. The molecule has 18 heavy (non-hydrogen) atoms. The maximum atomic E-state index is 12.0. The largest absolute Gasteiger partial charge is 0.393 e. The van der Waals surface area contributed by atoms with Crippen LogP contribution in [0.25, 0.3) is 0 Å². The highest BCUT2D eigenvalue weighted by Crippen LogP contribution is 2.13. The SMILES string of the molecule is C[C@@H](C(=O)NCc1cccs1)N1CCC(O)CC1. The van der Waals surface area contributed by atoms with Crippen molar-refractivity contribution in [2.75, 3.05) is 13.1 Å². The van der Waals surface area contributed by atoms with E-state index in [0.29, 0.717) is 6.54 Å². The maximum absolute atomic E-state index is 12.0. The fourth-order valence-electron chi connectivity index (χ4n) is 2.17. The number of thiophene rings is 1. The molecule has 0 spiro atoms. The minimum atomic E-state index is -0.192. The lowest BCUT2D eigenvalue weighted by Gasteiger charge is -2.33. The molecule has 100 valence electrons. The van der Waals surface area contributed by atoms with Crippen molar-refractivity contribution in [2.24, 2.45) is 0 Å². The van der Waals surface area contributed by atoms with Gasteiger partial charge in [-0.15, -0.1) is 11.3 Å². The van der Waals surface area contributed by atoms with Crippen molar-refractivity contribution >= 4 is 17.2 Å². The number of carbonyl (C=O) groups excluding carboxylic acids is 1. The van der Waals surface area contributed by atoms with Crippen LogP contribution in [0.1, 0.15) is 24.6 Å². The van der Waals surface area contributed by atoms with Crippen molar-refractivity contribution in [1.29, 1.82) is 0 Å². The van der Waals surface area contributed by atoms with E-state index in [0.717, 1.165) is 25.9 Å². The number of carbonyl (C=O) groups is 1. The van der Waals surface area contributed by atoms with Gasteiger partial charge in [0.25, 0.3) is 0 Å². The quantitative estimate of drug-likeness (QED) is 0.863. The first kappa shape index (κ1) is 13.5. The molecule has 0 saturated carbocycles. The lowest BCUT2D eigenvalue weighted by molar-refractivity contribution is -0.126. The van der Waals surface area contributed by atoms with Gasteiger partial charge in [0, 0.05) is 18.0 Å². The van der Waals surface area contributed by atoms with Gasteiger partial charge in [-0.05, 0) is 31.2 Å². The van der Waals surface area contributed by atoms with E-state index in [9.17, 15) is 9.90 Å². The van der Waals surface area contributed by atoms with Crippen molar-refractivity contribution in [3.63, 3.8) is 0 Å². The molecule has 1 atom stereocenters. The van der Waals surface area contributed by atoms with E-state index in [2.05, 4.69) is 10.2 Å². The summed E-state index contributed by atoms with van der Waals surface area (Å²) in [5.74, 6) is 0.0692. The Balaban J connectivity index is 1.77. The zero-order valence-electron chi connectivity index (χ0n) is 10.6. The number of aliphatic hydroxyl groups excluding tert-OH is 1. The molecule has 1 aromatic rings. The molecule has 5 heteroatoms. The van der Waals surface area contributed by atoms with Crippen LogP contribution >= 0.6 is 11.3 Å². The standard InChI is InChI=1S/C13H20N2O2S/c1-10(15-6-4-11(16)5-7-15)13(17)14-9-12-3-2-8-18-12/h2-3,8,10-11,16H,4-7,9H2,1H3,(H,14,17)/t10-/m0/s1. The molecule has 1 aliphatic rings. The first-order valence-corrected chi connectivity index (χ1v) is 7.27. The molecule has 1 aromatic heterocycles. The summed E-state index contributed by atoms with van der Waals surface area (Å²) in [6.45, 7) is 4.14. The highest BCUT2D eigenvalue weighted by molar-refractivity contribution is 7.09. The fourth-order valence-corrected chi connectivity index (χ4v) is 2.82. The van der Waals surface area contributed by atoms with Crippen LogP contribution in [0.5, 0.6) is 0 Å². The second kappa shape index (κ2) is 6.31. The molecule has 2 N–H and O–H groups in total.